The van der Waals surface area contributed by atoms with Gasteiger partial charge in [-0.2, -0.15) is 5.26 Å². The Hall–Kier alpha value is -1.71. The quantitative estimate of drug-likeness (QED) is 0.642. The maximum Gasteiger partial charge on any atom is 0.271 e. The Bertz CT molecular complexity index is 501. The molecule has 1 atom stereocenters. The summed E-state index contributed by atoms with van der Waals surface area (Å²) in [6.07, 6.45) is 3.54. The molecule has 6 nitrogen and oxygen atoms in total. The molecule has 2 amide bonds. The summed E-state index contributed by atoms with van der Waals surface area (Å²) in [6.45, 7) is 4.09. The Kier molecular flexibility index (Phi) is 5.10. The molecule has 0 spiro atoms. The van der Waals surface area contributed by atoms with Crippen molar-refractivity contribution >= 4 is 11.8 Å². The average Bonchev–Trinajstić information content (AvgIpc) is 2.50. The van der Waals surface area contributed by atoms with Gasteiger partial charge in [0.2, 0.25) is 5.91 Å². The second-order valence-electron chi connectivity index (χ2n) is 5.76. The van der Waals surface area contributed by atoms with Gasteiger partial charge in [0.1, 0.15) is 17.6 Å². The minimum atomic E-state index is -0.570. The van der Waals surface area contributed by atoms with E-state index < -0.39 is 11.8 Å². The van der Waals surface area contributed by atoms with Crippen LogP contribution in [0.15, 0.2) is 11.1 Å². The summed E-state index contributed by atoms with van der Waals surface area (Å²) < 4.78 is 0. The molecule has 114 valence electrons. The number of likely N-dealkylation sites (tertiary alicyclic amines) is 1. The van der Waals surface area contributed by atoms with Crippen molar-refractivity contribution in [3.63, 3.8) is 0 Å². The summed E-state index contributed by atoms with van der Waals surface area (Å²) in [5, 5.41) is 18.2. The molecule has 0 aliphatic carbocycles. The summed E-state index contributed by atoms with van der Waals surface area (Å²) in [6, 6.07) is 1.92. The van der Waals surface area contributed by atoms with Gasteiger partial charge in [0, 0.05) is 0 Å². The fourth-order valence-electron chi connectivity index (χ4n) is 3.18. The molecule has 1 fully saturated rings. The predicted octanol–water partition coefficient (Wildman–Crippen LogP) is -1.13. The number of amides is 2. The van der Waals surface area contributed by atoms with Gasteiger partial charge in [-0.1, -0.05) is 0 Å². The molecule has 0 radical (unpaired) electrons. The molecule has 2 rings (SSSR count). The van der Waals surface area contributed by atoms with Gasteiger partial charge in [-0.25, -0.2) is 0 Å². The zero-order chi connectivity index (χ0) is 15.4. The number of aliphatic hydroxyl groups is 1. The number of nitrogens with zero attached hydrogens (tertiary/aromatic N) is 2. The van der Waals surface area contributed by atoms with Crippen LogP contribution >= 0.6 is 0 Å². The average molecular weight is 292 g/mol. The summed E-state index contributed by atoms with van der Waals surface area (Å²) in [5.74, 6) is -1.26. The molecule has 2 N–H and O–H groups in total. The van der Waals surface area contributed by atoms with Gasteiger partial charge >= 0.3 is 0 Å². The summed E-state index contributed by atoms with van der Waals surface area (Å²) in [5.41, 5.74) is 0.643. The Balaban J connectivity index is 2.24. The van der Waals surface area contributed by atoms with Crippen molar-refractivity contribution in [2.24, 2.45) is 5.92 Å². The van der Waals surface area contributed by atoms with Crippen LogP contribution in [0.1, 0.15) is 26.2 Å². The van der Waals surface area contributed by atoms with Crippen LogP contribution in [0.4, 0.5) is 0 Å². The van der Waals surface area contributed by atoms with Crippen LogP contribution in [0.25, 0.3) is 0 Å². The van der Waals surface area contributed by atoms with Crippen molar-refractivity contribution in [2.75, 3.05) is 32.8 Å². The monoisotopic (exact) mass is 292 g/mol. The molecule has 2 aliphatic heterocycles. The third kappa shape index (κ3) is 3.14. The first kappa shape index (κ1) is 15.7. The second kappa shape index (κ2) is 6.83. The summed E-state index contributed by atoms with van der Waals surface area (Å²) in [4.78, 5) is 27.0. The van der Waals surface area contributed by atoms with Crippen molar-refractivity contribution < 1.29 is 19.6 Å². The van der Waals surface area contributed by atoms with E-state index in [9.17, 15) is 14.9 Å². The highest BCUT2D eigenvalue weighted by molar-refractivity contribution is 6.11. The van der Waals surface area contributed by atoms with Crippen LogP contribution in [0.2, 0.25) is 0 Å². The maximum atomic E-state index is 12.5. The van der Waals surface area contributed by atoms with Gasteiger partial charge in [-0.3, -0.25) is 14.5 Å². The lowest BCUT2D eigenvalue weighted by Gasteiger charge is -2.33. The lowest BCUT2D eigenvalue weighted by molar-refractivity contribution is -0.906. The highest BCUT2D eigenvalue weighted by Crippen LogP contribution is 2.24. The first-order valence-corrected chi connectivity index (χ1v) is 7.51. The lowest BCUT2D eigenvalue weighted by atomic mass is 9.89. The largest absolute Gasteiger partial charge is 0.395 e. The van der Waals surface area contributed by atoms with Crippen LogP contribution in [-0.4, -0.2) is 54.6 Å². The first-order chi connectivity index (χ1) is 10.1. The van der Waals surface area contributed by atoms with Crippen molar-refractivity contribution in [2.45, 2.75) is 26.2 Å². The van der Waals surface area contributed by atoms with E-state index >= 15 is 0 Å². The molecule has 21 heavy (non-hydrogen) atoms. The Labute approximate surface area is 124 Å². The SMILES string of the molecule is CC1=C(C#N)C(=O)N(CCO)C(=O)[C@H]1C[NH+]1CCCCC1. The number of hydrogen-bond donors (Lipinski definition) is 2. The third-order valence-electron chi connectivity index (χ3n) is 4.43. The molecule has 2 heterocycles. The normalized spacial score (nSPS) is 24.4. The number of rotatable bonds is 4. The van der Waals surface area contributed by atoms with Crippen molar-refractivity contribution in [1.29, 1.82) is 5.26 Å². The third-order valence-corrected chi connectivity index (χ3v) is 4.43. The highest BCUT2D eigenvalue weighted by atomic mass is 16.3. The summed E-state index contributed by atoms with van der Waals surface area (Å²) in [7, 11) is 0. The van der Waals surface area contributed by atoms with E-state index in [-0.39, 0.29) is 24.6 Å². The molecule has 1 saturated heterocycles. The number of piperidine rings is 1. The van der Waals surface area contributed by atoms with E-state index in [1.807, 2.05) is 6.07 Å². The zero-order valence-electron chi connectivity index (χ0n) is 12.4. The summed E-state index contributed by atoms with van der Waals surface area (Å²) >= 11 is 0. The zero-order valence-corrected chi connectivity index (χ0v) is 12.4. The molecule has 0 aromatic carbocycles. The fourth-order valence-corrected chi connectivity index (χ4v) is 3.18. The van der Waals surface area contributed by atoms with Crippen LogP contribution in [-0.2, 0) is 9.59 Å². The number of β-amino-alcohol motifs (C(OH)–C–C–N with tert-alkyl or cyclic N) is 1. The smallest absolute Gasteiger partial charge is 0.271 e. The van der Waals surface area contributed by atoms with Gasteiger partial charge in [0.15, 0.2) is 0 Å². The van der Waals surface area contributed by atoms with Crippen LogP contribution in [0.5, 0.6) is 0 Å². The number of carbonyl (C=O) groups excluding carboxylic acids is 2. The van der Waals surface area contributed by atoms with Gasteiger partial charge < -0.3 is 10.0 Å². The Morgan fingerprint density at radius 2 is 2.00 bits per heavy atom. The van der Waals surface area contributed by atoms with Crippen molar-refractivity contribution in [1.82, 2.24) is 4.90 Å². The molecule has 0 bridgehead atoms. The van der Waals surface area contributed by atoms with Crippen LogP contribution in [0.3, 0.4) is 0 Å². The van der Waals surface area contributed by atoms with E-state index in [4.69, 9.17) is 5.11 Å². The molecular formula is C15H22N3O3+. The molecule has 0 aromatic heterocycles. The van der Waals surface area contributed by atoms with E-state index in [0.29, 0.717) is 12.1 Å². The first-order valence-electron chi connectivity index (χ1n) is 7.51. The molecule has 0 unspecified atom stereocenters. The number of carbonyl (C=O) groups is 2. The molecule has 6 heteroatoms. The van der Waals surface area contributed by atoms with Crippen molar-refractivity contribution in [3.05, 3.63) is 11.1 Å². The van der Waals surface area contributed by atoms with E-state index in [2.05, 4.69) is 0 Å². The van der Waals surface area contributed by atoms with Crippen molar-refractivity contribution in [3.8, 4) is 6.07 Å². The fraction of sp³-hybridized carbons (Fsp3) is 0.667. The topological polar surface area (TPSA) is 85.8 Å². The minimum absolute atomic E-state index is 0.0397. The number of quaternary nitrogens is 1. The van der Waals surface area contributed by atoms with Crippen LogP contribution in [0, 0.1) is 17.2 Å². The van der Waals surface area contributed by atoms with Gasteiger partial charge in [-0.15, -0.1) is 0 Å². The van der Waals surface area contributed by atoms with Gasteiger partial charge in [0.05, 0.1) is 32.8 Å². The Morgan fingerprint density at radius 3 is 2.57 bits per heavy atom. The number of aliphatic hydroxyl groups excluding tert-OH is 1. The number of hydrogen-bond acceptors (Lipinski definition) is 4. The standard InChI is InChI=1S/C15H21N3O3/c1-11-12(9-16)14(20)18(7-8-19)15(21)13(11)10-17-5-3-2-4-6-17/h13,19H,2-8,10H2,1H3/p+1/t13-/m0/s1. The van der Waals surface area contributed by atoms with E-state index in [0.717, 1.165) is 30.8 Å². The van der Waals surface area contributed by atoms with Gasteiger partial charge in [-0.05, 0) is 31.8 Å². The number of imide groups is 1. The second-order valence-corrected chi connectivity index (χ2v) is 5.76. The highest BCUT2D eigenvalue weighted by Gasteiger charge is 2.40. The lowest BCUT2D eigenvalue weighted by Crippen LogP contribution is -3.13. The number of nitriles is 1. The van der Waals surface area contributed by atoms with Gasteiger partial charge in [0.25, 0.3) is 5.91 Å². The molecule has 0 aromatic rings. The maximum absolute atomic E-state index is 12.5. The van der Waals surface area contributed by atoms with Crippen LogP contribution < -0.4 is 4.90 Å². The van der Waals surface area contributed by atoms with E-state index in [1.54, 1.807) is 6.92 Å². The molecular weight excluding hydrogens is 270 g/mol. The minimum Gasteiger partial charge on any atom is -0.395 e. The molecule has 0 saturated carbocycles. The number of nitrogens with one attached hydrogen (secondary N) is 1. The molecule has 2 aliphatic rings. The predicted molar refractivity (Wildman–Crippen MR) is 75.0 cm³/mol. The Morgan fingerprint density at radius 1 is 1.33 bits per heavy atom. The van der Waals surface area contributed by atoms with E-state index in [1.165, 1.54) is 11.3 Å².